The van der Waals surface area contributed by atoms with E-state index >= 15 is 0 Å². The number of rotatable bonds is 7. The zero-order valence-corrected chi connectivity index (χ0v) is 23.6. The third-order valence-electron chi connectivity index (χ3n) is 11.1. The molecule has 0 aromatic carbocycles. The maximum atomic E-state index is 13.6. The highest BCUT2D eigenvalue weighted by Gasteiger charge is 2.67. The van der Waals surface area contributed by atoms with E-state index in [0.717, 1.165) is 18.4 Å². The van der Waals surface area contributed by atoms with Gasteiger partial charge in [0.15, 0.2) is 17.8 Å². The Labute approximate surface area is 230 Å². The van der Waals surface area contributed by atoms with Crippen LogP contribution in [0.4, 0.5) is 0 Å². The molecule has 3 fully saturated rings. The second kappa shape index (κ2) is 10.1. The van der Waals surface area contributed by atoms with Crippen LogP contribution >= 0.6 is 0 Å². The molecule has 4 aliphatic carbocycles. The summed E-state index contributed by atoms with van der Waals surface area (Å²) < 4.78 is 16.3. The Morgan fingerprint density at radius 3 is 2.51 bits per heavy atom. The Balaban J connectivity index is 1.48. The number of aliphatic hydroxyl groups excluding tert-OH is 2. The number of hydrogen-bond acceptors (Lipinski definition) is 8. The van der Waals surface area contributed by atoms with Crippen molar-refractivity contribution in [3.8, 4) is 0 Å². The molecule has 0 saturated heterocycles. The molecular formula is C30H43NO8. The highest BCUT2D eigenvalue weighted by atomic mass is 16.7. The summed E-state index contributed by atoms with van der Waals surface area (Å²) in [5.41, 5.74) is -1.54. The predicted molar refractivity (Wildman–Crippen MR) is 141 cm³/mol. The second-order valence-electron chi connectivity index (χ2n) is 12.7. The number of allylic oxidation sites excluding steroid dienone is 1. The lowest BCUT2D eigenvalue weighted by atomic mass is 9.46. The normalized spacial score (nSPS) is 40.5. The topological polar surface area (TPSA) is 130 Å². The maximum Gasteiger partial charge on any atom is 0.289 e. The van der Waals surface area contributed by atoms with Crippen LogP contribution in [-0.4, -0.2) is 82.8 Å². The van der Waals surface area contributed by atoms with Gasteiger partial charge in [0, 0.05) is 31.6 Å². The Morgan fingerprint density at radius 1 is 1.15 bits per heavy atom. The van der Waals surface area contributed by atoms with Crippen molar-refractivity contribution in [2.75, 3.05) is 20.8 Å². The van der Waals surface area contributed by atoms with Crippen LogP contribution in [0.15, 0.2) is 34.5 Å². The molecule has 1 heterocycles. The molecule has 9 nitrogen and oxygen atoms in total. The first-order valence-electron chi connectivity index (χ1n) is 14.2. The Bertz CT molecular complexity index is 1110. The number of hydrogen-bond donors (Lipinski definition) is 3. The molecule has 9 atom stereocenters. The molecule has 0 spiro atoms. The van der Waals surface area contributed by atoms with Crippen LogP contribution < -0.4 is 0 Å². The van der Waals surface area contributed by atoms with Gasteiger partial charge in [0.25, 0.3) is 5.91 Å². The number of furan rings is 1. The van der Waals surface area contributed by atoms with Crippen LogP contribution in [0, 0.1) is 28.6 Å². The van der Waals surface area contributed by atoms with Crippen molar-refractivity contribution in [2.24, 2.45) is 28.6 Å². The molecule has 1 aromatic rings. The fourth-order valence-electron chi connectivity index (χ4n) is 8.78. The summed E-state index contributed by atoms with van der Waals surface area (Å²) >= 11 is 0. The maximum absolute atomic E-state index is 13.6. The predicted octanol–water partition coefficient (Wildman–Crippen LogP) is 2.93. The minimum Gasteiger partial charge on any atom is -0.459 e. The van der Waals surface area contributed by atoms with E-state index in [9.17, 15) is 24.9 Å². The molecule has 6 unspecified atom stereocenters. The number of fused-ring (bicyclic) bond motifs is 5. The first-order valence-corrected chi connectivity index (χ1v) is 14.2. The van der Waals surface area contributed by atoms with Gasteiger partial charge in [0.1, 0.15) is 0 Å². The Kier molecular flexibility index (Phi) is 7.38. The largest absolute Gasteiger partial charge is 0.459 e. The lowest BCUT2D eigenvalue weighted by Crippen LogP contribution is -2.62. The summed E-state index contributed by atoms with van der Waals surface area (Å²) in [4.78, 5) is 28.8. The molecular weight excluding hydrogens is 502 g/mol. The quantitative estimate of drug-likeness (QED) is 0.446. The van der Waals surface area contributed by atoms with E-state index in [1.54, 1.807) is 23.1 Å². The first-order chi connectivity index (χ1) is 18.4. The van der Waals surface area contributed by atoms with Gasteiger partial charge in [-0.25, -0.2) is 0 Å². The number of methoxy groups -OCH3 is 2. The van der Waals surface area contributed by atoms with Crippen LogP contribution in [0.3, 0.4) is 0 Å². The van der Waals surface area contributed by atoms with Gasteiger partial charge < -0.3 is 34.1 Å². The fourth-order valence-corrected chi connectivity index (χ4v) is 8.78. The lowest BCUT2D eigenvalue weighted by molar-refractivity contribution is -0.154. The minimum atomic E-state index is -1.21. The number of ether oxygens (including phenoxy) is 2. The third-order valence-corrected chi connectivity index (χ3v) is 11.1. The highest BCUT2D eigenvalue weighted by Crippen LogP contribution is 2.67. The van der Waals surface area contributed by atoms with Gasteiger partial charge in [-0.05, 0) is 86.5 Å². The molecule has 0 radical (unpaired) electrons. The van der Waals surface area contributed by atoms with Gasteiger partial charge in [0.05, 0.1) is 30.6 Å². The molecule has 3 N–H and O–H groups in total. The SMILES string of the molecule is COC(CN(C(=O)c1ccco1)C(C)C1CC[C@@]2(O)C3=CC(=O)C4C[C@@H](O)C(O)CC4(C)C3CC[C@]12C)OC. The Hall–Kier alpha value is -2.04. The summed E-state index contributed by atoms with van der Waals surface area (Å²) in [5, 5.41) is 33.4. The number of aliphatic hydroxyl groups is 3. The van der Waals surface area contributed by atoms with Crippen LogP contribution in [-0.2, 0) is 14.3 Å². The molecule has 216 valence electrons. The molecule has 5 rings (SSSR count). The average Bonchev–Trinajstić information content (AvgIpc) is 3.53. The monoisotopic (exact) mass is 545 g/mol. The molecule has 3 saturated carbocycles. The van der Waals surface area contributed by atoms with Gasteiger partial charge in [-0.3, -0.25) is 9.59 Å². The number of amides is 1. The Morgan fingerprint density at radius 2 is 1.87 bits per heavy atom. The molecule has 9 heteroatoms. The van der Waals surface area contributed by atoms with E-state index in [-0.39, 0.29) is 54.2 Å². The zero-order chi connectivity index (χ0) is 28.3. The molecule has 1 aromatic heterocycles. The van der Waals surface area contributed by atoms with Crippen molar-refractivity contribution in [1.29, 1.82) is 0 Å². The molecule has 0 bridgehead atoms. The smallest absolute Gasteiger partial charge is 0.289 e. The lowest BCUT2D eigenvalue weighted by Gasteiger charge is -2.60. The minimum absolute atomic E-state index is 0.0540. The van der Waals surface area contributed by atoms with Crippen LogP contribution in [0.1, 0.15) is 69.9 Å². The second-order valence-corrected chi connectivity index (χ2v) is 12.7. The van der Waals surface area contributed by atoms with Gasteiger partial charge >= 0.3 is 0 Å². The van der Waals surface area contributed by atoms with Crippen molar-refractivity contribution in [1.82, 2.24) is 4.90 Å². The van der Waals surface area contributed by atoms with Crippen molar-refractivity contribution in [2.45, 2.75) is 89.4 Å². The van der Waals surface area contributed by atoms with Crippen molar-refractivity contribution in [3.05, 3.63) is 35.8 Å². The standard InChI is InChI=1S/C30H43NO8/c1-17(31(16-26(37-4)38-5)27(35)25-7-6-12-39-25)18-9-11-30(36)20-13-22(32)21-14-23(33)24(34)15-28(21,2)19(20)8-10-29(18,30)3/h6-7,12-13,17-19,21,23-24,26,33-34,36H,8-11,14-16H2,1-5H3/t17?,18?,19?,21?,23-,24?,28?,29-,30-/m1/s1. The average molecular weight is 546 g/mol. The van der Waals surface area contributed by atoms with E-state index < -0.39 is 34.9 Å². The summed E-state index contributed by atoms with van der Waals surface area (Å²) in [7, 11) is 3.07. The number of ketones is 1. The van der Waals surface area contributed by atoms with Crippen LogP contribution in [0.25, 0.3) is 0 Å². The summed E-state index contributed by atoms with van der Waals surface area (Å²) in [6, 6.07) is 3.04. The molecule has 1 amide bonds. The van der Waals surface area contributed by atoms with E-state index in [1.165, 1.54) is 20.5 Å². The first kappa shape index (κ1) is 28.5. The number of carbonyl (C=O) groups excluding carboxylic acids is 2. The van der Waals surface area contributed by atoms with Crippen LogP contribution in [0.2, 0.25) is 0 Å². The van der Waals surface area contributed by atoms with Gasteiger partial charge in [-0.2, -0.15) is 0 Å². The fraction of sp³-hybridized carbons (Fsp3) is 0.733. The van der Waals surface area contributed by atoms with Gasteiger partial charge in [-0.1, -0.05) is 13.8 Å². The van der Waals surface area contributed by atoms with Crippen molar-refractivity contribution >= 4 is 11.7 Å². The van der Waals surface area contributed by atoms with Crippen molar-refractivity contribution < 1.29 is 38.8 Å². The summed E-state index contributed by atoms with van der Waals surface area (Å²) in [6.45, 7) is 6.34. The van der Waals surface area contributed by atoms with E-state index in [4.69, 9.17) is 13.9 Å². The number of nitrogens with zero attached hydrogens (tertiary/aromatic N) is 1. The van der Waals surface area contributed by atoms with Crippen molar-refractivity contribution in [3.63, 3.8) is 0 Å². The van der Waals surface area contributed by atoms with E-state index in [0.29, 0.717) is 19.3 Å². The van der Waals surface area contributed by atoms with Gasteiger partial charge in [0.2, 0.25) is 0 Å². The molecule has 4 aliphatic rings. The zero-order valence-electron chi connectivity index (χ0n) is 23.6. The van der Waals surface area contributed by atoms with E-state index in [2.05, 4.69) is 6.92 Å². The highest BCUT2D eigenvalue weighted by molar-refractivity contribution is 5.95. The van der Waals surface area contributed by atoms with E-state index in [1.807, 2.05) is 13.8 Å². The summed E-state index contributed by atoms with van der Waals surface area (Å²) in [5.74, 6) is -0.584. The molecule has 39 heavy (non-hydrogen) atoms. The third kappa shape index (κ3) is 4.23. The molecule has 0 aliphatic heterocycles. The van der Waals surface area contributed by atoms with Gasteiger partial charge in [-0.15, -0.1) is 0 Å². The van der Waals surface area contributed by atoms with Crippen LogP contribution in [0.5, 0.6) is 0 Å². The number of carbonyl (C=O) groups is 2. The summed E-state index contributed by atoms with van der Waals surface area (Å²) in [6.07, 6.45) is 3.95.